The second-order valence-corrected chi connectivity index (χ2v) is 4.70. The minimum Gasteiger partial charge on any atom is -0.457 e. The van der Waals surface area contributed by atoms with Gasteiger partial charge in [-0.2, -0.15) is 0 Å². The van der Waals surface area contributed by atoms with Crippen molar-refractivity contribution in [3.63, 3.8) is 0 Å². The highest BCUT2D eigenvalue weighted by Gasteiger charge is 2.11. The van der Waals surface area contributed by atoms with E-state index in [1.165, 1.54) is 6.07 Å². The van der Waals surface area contributed by atoms with Gasteiger partial charge in [0.1, 0.15) is 17.3 Å². The summed E-state index contributed by atoms with van der Waals surface area (Å²) in [7, 11) is 0. The topological polar surface area (TPSA) is 52.4 Å². The van der Waals surface area contributed by atoms with E-state index in [-0.39, 0.29) is 11.4 Å². The fourth-order valence-corrected chi connectivity index (χ4v) is 1.71. The van der Waals surface area contributed by atoms with Gasteiger partial charge in [-0.3, -0.25) is 10.1 Å². The lowest BCUT2D eigenvalue weighted by atomic mass is 10.3. The number of nitro groups is 1. The molecule has 0 heterocycles. The van der Waals surface area contributed by atoms with E-state index in [4.69, 9.17) is 4.74 Å². The van der Waals surface area contributed by atoms with Crippen molar-refractivity contribution in [3.05, 3.63) is 62.0 Å². The fourth-order valence-electron chi connectivity index (χ4n) is 1.35. The van der Waals surface area contributed by atoms with Gasteiger partial charge in [0, 0.05) is 9.64 Å². The zero-order valence-electron chi connectivity index (χ0n) is 8.97. The smallest absolute Gasteiger partial charge is 0.276 e. The van der Waals surface area contributed by atoms with Crippen molar-refractivity contribution >= 4 is 28.3 Å². The monoisotopic (exact) mass is 359 g/mol. The summed E-state index contributed by atoms with van der Waals surface area (Å²) in [4.78, 5) is 9.92. The van der Waals surface area contributed by atoms with Gasteiger partial charge in [-0.1, -0.05) is 0 Å². The molecule has 0 saturated heterocycles. The van der Waals surface area contributed by atoms with Crippen LogP contribution in [-0.4, -0.2) is 4.92 Å². The van der Waals surface area contributed by atoms with Crippen molar-refractivity contribution in [1.82, 2.24) is 0 Å². The first-order valence-electron chi connectivity index (χ1n) is 4.93. The summed E-state index contributed by atoms with van der Waals surface area (Å²) in [6.45, 7) is 0. The molecule has 0 aliphatic heterocycles. The maximum absolute atomic E-state index is 13.2. The summed E-state index contributed by atoms with van der Waals surface area (Å²) in [6.07, 6.45) is 0. The lowest BCUT2D eigenvalue weighted by Gasteiger charge is -2.05. The first kappa shape index (κ1) is 12.7. The first-order valence-corrected chi connectivity index (χ1v) is 6.01. The Bertz CT molecular complexity index is 586. The van der Waals surface area contributed by atoms with Crippen LogP contribution in [0.15, 0.2) is 42.5 Å². The molecule has 2 rings (SSSR count). The van der Waals surface area contributed by atoms with E-state index in [1.54, 1.807) is 12.1 Å². The van der Waals surface area contributed by atoms with E-state index in [9.17, 15) is 14.5 Å². The molecular weight excluding hydrogens is 352 g/mol. The summed E-state index contributed by atoms with van der Waals surface area (Å²) in [5, 5.41) is 10.6. The van der Waals surface area contributed by atoms with Gasteiger partial charge in [-0.05, 0) is 46.9 Å². The Morgan fingerprint density at radius 1 is 1.11 bits per heavy atom. The maximum Gasteiger partial charge on any atom is 0.276 e. The molecule has 0 unspecified atom stereocenters. The zero-order valence-corrected chi connectivity index (χ0v) is 11.1. The van der Waals surface area contributed by atoms with Crippen LogP contribution < -0.4 is 4.74 Å². The molecule has 4 nitrogen and oxygen atoms in total. The number of hydrogen-bond acceptors (Lipinski definition) is 3. The second-order valence-electron chi connectivity index (χ2n) is 3.46. The molecule has 6 heteroatoms. The van der Waals surface area contributed by atoms with Gasteiger partial charge >= 0.3 is 0 Å². The van der Waals surface area contributed by atoms with Gasteiger partial charge in [0.2, 0.25) is 0 Å². The molecule has 18 heavy (non-hydrogen) atoms. The summed E-state index contributed by atoms with van der Waals surface area (Å²) < 4.78 is 19.6. The highest BCUT2D eigenvalue weighted by atomic mass is 127. The number of halogens is 2. The minimum absolute atomic E-state index is 0.0999. The average Bonchev–Trinajstić information content (AvgIpc) is 2.31. The predicted molar refractivity (Wildman–Crippen MR) is 72.3 cm³/mol. The van der Waals surface area contributed by atoms with Gasteiger partial charge in [0.05, 0.1) is 17.1 Å². The Hall–Kier alpha value is -1.70. The standard InChI is InChI=1S/C12H7FINO3/c13-8-5-10(15(16)17)7-12(6-8)18-11-3-1-9(14)2-4-11/h1-7H. The molecule has 2 aromatic carbocycles. The third-order valence-corrected chi connectivity index (χ3v) is 2.84. The van der Waals surface area contributed by atoms with Crippen molar-refractivity contribution < 1.29 is 14.1 Å². The van der Waals surface area contributed by atoms with Gasteiger partial charge in [0.15, 0.2) is 0 Å². The highest BCUT2D eigenvalue weighted by molar-refractivity contribution is 14.1. The van der Waals surface area contributed by atoms with Crippen LogP contribution in [0, 0.1) is 19.5 Å². The Labute approximate surface area is 116 Å². The molecule has 2 aromatic rings. The largest absolute Gasteiger partial charge is 0.457 e. The number of non-ortho nitro benzene ring substituents is 1. The summed E-state index contributed by atoms with van der Waals surface area (Å²) in [5.74, 6) is -0.108. The second kappa shape index (κ2) is 5.30. The van der Waals surface area contributed by atoms with Crippen LogP contribution in [0.3, 0.4) is 0 Å². The van der Waals surface area contributed by atoms with E-state index < -0.39 is 10.7 Å². The Morgan fingerprint density at radius 2 is 1.78 bits per heavy atom. The SMILES string of the molecule is O=[N+]([O-])c1cc(F)cc(Oc2ccc(I)cc2)c1. The molecule has 0 radical (unpaired) electrons. The summed E-state index contributed by atoms with van der Waals surface area (Å²) in [5.41, 5.74) is -0.337. The van der Waals surface area contributed by atoms with Crippen LogP contribution in [0.5, 0.6) is 11.5 Å². The van der Waals surface area contributed by atoms with Crippen LogP contribution >= 0.6 is 22.6 Å². The third kappa shape index (κ3) is 3.16. The molecule has 0 aliphatic carbocycles. The van der Waals surface area contributed by atoms with E-state index in [2.05, 4.69) is 22.6 Å². The lowest BCUT2D eigenvalue weighted by molar-refractivity contribution is -0.385. The number of nitro benzene ring substituents is 1. The van der Waals surface area contributed by atoms with Crippen molar-refractivity contribution in [3.8, 4) is 11.5 Å². The molecule has 0 amide bonds. The normalized spacial score (nSPS) is 10.1. The molecule has 0 saturated carbocycles. The van der Waals surface area contributed by atoms with Crippen LogP contribution in [0.25, 0.3) is 0 Å². The molecular formula is C12H7FINO3. The Morgan fingerprint density at radius 3 is 2.39 bits per heavy atom. The van der Waals surface area contributed by atoms with Gasteiger partial charge in [-0.15, -0.1) is 0 Å². The number of ether oxygens (including phenoxy) is 1. The van der Waals surface area contributed by atoms with E-state index >= 15 is 0 Å². The molecule has 92 valence electrons. The van der Waals surface area contributed by atoms with Crippen molar-refractivity contribution in [2.75, 3.05) is 0 Å². The first-order chi connectivity index (χ1) is 8.54. The third-order valence-electron chi connectivity index (χ3n) is 2.12. The lowest BCUT2D eigenvalue weighted by Crippen LogP contribution is -1.91. The summed E-state index contributed by atoms with van der Waals surface area (Å²) >= 11 is 2.14. The zero-order chi connectivity index (χ0) is 13.1. The van der Waals surface area contributed by atoms with E-state index in [1.807, 2.05) is 12.1 Å². The number of hydrogen-bond donors (Lipinski definition) is 0. The van der Waals surface area contributed by atoms with E-state index in [0.29, 0.717) is 5.75 Å². The van der Waals surface area contributed by atoms with Gasteiger partial charge < -0.3 is 4.74 Å². The molecule has 0 spiro atoms. The quantitative estimate of drug-likeness (QED) is 0.470. The van der Waals surface area contributed by atoms with Crippen molar-refractivity contribution in [1.29, 1.82) is 0 Å². The van der Waals surface area contributed by atoms with Crippen molar-refractivity contribution in [2.24, 2.45) is 0 Å². The molecule has 0 N–H and O–H groups in total. The van der Waals surface area contributed by atoms with Gasteiger partial charge in [0.25, 0.3) is 5.69 Å². The average molecular weight is 359 g/mol. The number of nitrogens with zero attached hydrogens (tertiary/aromatic N) is 1. The Balaban J connectivity index is 2.28. The highest BCUT2D eigenvalue weighted by Crippen LogP contribution is 2.27. The molecule has 0 fully saturated rings. The predicted octanol–water partition coefficient (Wildman–Crippen LogP) is 4.13. The maximum atomic E-state index is 13.2. The fraction of sp³-hybridized carbons (Fsp3) is 0. The number of benzene rings is 2. The van der Waals surface area contributed by atoms with E-state index in [0.717, 1.165) is 15.7 Å². The Kier molecular flexibility index (Phi) is 3.75. The summed E-state index contributed by atoms with van der Waals surface area (Å²) in [6, 6.07) is 10.2. The van der Waals surface area contributed by atoms with Crippen LogP contribution in [0.1, 0.15) is 0 Å². The van der Waals surface area contributed by atoms with Crippen LogP contribution in [0.4, 0.5) is 10.1 Å². The molecule has 0 aromatic heterocycles. The minimum atomic E-state index is -0.704. The van der Waals surface area contributed by atoms with Crippen LogP contribution in [-0.2, 0) is 0 Å². The van der Waals surface area contributed by atoms with Crippen LogP contribution in [0.2, 0.25) is 0 Å². The molecule has 0 bridgehead atoms. The molecule has 0 aliphatic rings. The van der Waals surface area contributed by atoms with Gasteiger partial charge in [-0.25, -0.2) is 4.39 Å². The van der Waals surface area contributed by atoms with Crippen molar-refractivity contribution in [2.45, 2.75) is 0 Å². The number of rotatable bonds is 3. The molecule has 0 atom stereocenters.